The SMILES string of the molecule is CC[C@@H](c1nnc(SCC(=O)NCC(F)(F)F)n1Cc1ccccc1)[NH+](C)C. The van der Waals surface area contributed by atoms with Gasteiger partial charge in [-0.15, -0.1) is 10.2 Å². The molecule has 0 radical (unpaired) electrons. The quantitative estimate of drug-likeness (QED) is 0.611. The molecule has 0 spiro atoms. The minimum Gasteiger partial charge on any atom is -0.346 e. The Morgan fingerprint density at radius 1 is 1.25 bits per heavy atom. The van der Waals surface area contributed by atoms with Crippen molar-refractivity contribution < 1.29 is 22.9 Å². The van der Waals surface area contributed by atoms with Crippen LogP contribution in [0, 0.1) is 0 Å². The molecule has 0 fully saturated rings. The molecule has 28 heavy (non-hydrogen) atoms. The number of carbonyl (C=O) groups is 1. The summed E-state index contributed by atoms with van der Waals surface area (Å²) in [5.41, 5.74) is 1.05. The zero-order valence-electron chi connectivity index (χ0n) is 16.1. The number of benzene rings is 1. The molecule has 10 heteroatoms. The van der Waals surface area contributed by atoms with Gasteiger partial charge in [-0.25, -0.2) is 0 Å². The number of hydrogen-bond donors (Lipinski definition) is 2. The predicted molar refractivity (Wildman–Crippen MR) is 101 cm³/mol. The van der Waals surface area contributed by atoms with E-state index in [1.54, 1.807) is 0 Å². The van der Waals surface area contributed by atoms with Crippen LogP contribution in [0.25, 0.3) is 0 Å². The number of rotatable bonds is 9. The standard InChI is InChI=1S/C18H24F3N5OS/c1-4-14(25(2)3)16-23-24-17(26(16)10-13-8-6-5-7-9-13)28-11-15(27)22-12-18(19,20)21/h5-9,14H,4,10-12H2,1-3H3,(H,22,27)/p+1/t14-/m0/s1. The highest BCUT2D eigenvalue weighted by molar-refractivity contribution is 7.99. The molecular weight excluding hydrogens is 391 g/mol. The van der Waals surface area contributed by atoms with Gasteiger partial charge in [0, 0.05) is 6.42 Å². The third kappa shape index (κ3) is 6.52. The van der Waals surface area contributed by atoms with Gasteiger partial charge in [0.25, 0.3) is 0 Å². The lowest BCUT2D eigenvalue weighted by molar-refractivity contribution is -0.893. The molecule has 1 aromatic heterocycles. The first-order chi connectivity index (χ1) is 13.2. The molecule has 0 aliphatic heterocycles. The van der Waals surface area contributed by atoms with Gasteiger partial charge in [0.1, 0.15) is 12.6 Å². The van der Waals surface area contributed by atoms with Crippen LogP contribution >= 0.6 is 11.8 Å². The van der Waals surface area contributed by atoms with E-state index in [9.17, 15) is 18.0 Å². The summed E-state index contributed by atoms with van der Waals surface area (Å²) in [6.45, 7) is 1.26. The molecule has 1 heterocycles. The van der Waals surface area contributed by atoms with E-state index in [1.165, 1.54) is 4.90 Å². The lowest BCUT2D eigenvalue weighted by atomic mass is 10.2. The summed E-state index contributed by atoms with van der Waals surface area (Å²) in [5.74, 6) is -0.0535. The van der Waals surface area contributed by atoms with Crippen molar-refractivity contribution in [3.63, 3.8) is 0 Å². The topological polar surface area (TPSA) is 64.2 Å². The third-order valence-electron chi connectivity index (χ3n) is 4.16. The summed E-state index contributed by atoms with van der Waals surface area (Å²) in [6.07, 6.45) is -3.57. The average molecular weight is 416 g/mol. The molecule has 2 N–H and O–H groups in total. The molecule has 1 amide bonds. The van der Waals surface area contributed by atoms with Crippen LogP contribution in [0.4, 0.5) is 13.2 Å². The molecule has 0 aliphatic rings. The van der Waals surface area contributed by atoms with Gasteiger partial charge in [-0.3, -0.25) is 9.36 Å². The Bertz CT molecular complexity index is 764. The van der Waals surface area contributed by atoms with Gasteiger partial charge >= 0.3 is 6.18 Å². The van der Waals surface area contributed by atoms with Crippen LogP contribution in [0.2, 0.25) is 0 Å². The number of thioether (sulfide) groups is 1. The molecule has 2 rings (SSSR count). The maximum absolute atomic E-state index is 12.2. The second-order valence-electron chi connectivity index (χ2n) is 6.63. The smallest absolute Gasteiger partial charge is 0.346 e. The van der Waals surface area contributed by atoms with Crippen LogP contribution in [0.1, 0.15) is 30.8 Å². The monoisotopic (exact) mass is 416 g/mol. The maximum atomic E-state index is 12.2. The van der Waals surface area contributed by atoms with E-state index < -0.39 is 18.6 Å². The normalized spacial score (nSPS) is 13.0. The number of nitrogens with zero attached hydrogens (tertiary/aromatic N) is 3. The molecule has 0 unspecified atom stereocenters. The van der Waals surface area contributed by atoms with Crippen LogP contribution in [0.3, 0.4) is 0 Å². The summed E-state index contributed by atoms with van der Waals surface area (Å²) >= 11 is 1.09. The van der Waals surface area contributed by atoms with Crippen molar-refractivity contribution in [3.8, 4) is 0 Å². The van der Waals surface area contributed by atoms with E-state index in [2.05, 4.69) is 17.1 Å². The van der Waals surface area contributed by atoms with Crippen molar-refractivity contribution in [3.05, 3.63) is 41.7 Å². The molecule has 1 aromatic carbocycles. The van der Waals surface area contributed by atoms with Crippen LogP contribution < -0.4 is 10.2 Å². The Morgan fingerprint density at radius 2 is 1.93 bits per heavy atom. The van der Waals surface area contributed by atoms with Crippen molar-refractivity contribution in [1.82, 2.24) is 20.1 Å². The number of carbonyl (C=O) groups excluding carboxylic acids is 1. The van der Waals surface area contributed by atoms with E-state index in [4.69, 9.17) is 0 Å². The number of hydrogen-bond acceptors (Lipinski definition) is 4. The second-order valence-corrected chi connectivity index (χ2v) is 7.57. The molecule has 154 valence electrons. The summed E-state index contributed by atoms with van der Waals surface area (Å²) in [6, 6.07) is 9.88. The minimum absolute atomic E-state index is 0.115. The molecule has 0 saturated carbocycles. The highest BCUT2D eigenvalue weighted by Gasteiger charge is 2.28. The second kappa shape index (κ2) is 9.92. The molecule has 2 aromatic rings. The van der Waals surface area contributed by atoms with Gasteiger partial charge in [-0.2, -0.15) is 13.2 Å². The molecule has 1 atom stereocenters. The van der Waals surface area contributed by atoms with Crippen molar-refractivity contribution in [2.45, 2.75) is 37.3 Å². The zero-order valence-corrected chi connectivity index (χ0v) is 16.9. The van der Waals surface area contributed by atoms with Crippen LogP contribution in [0.5, 0.6) is 0 Å². The van der Waals surface area contributed by atoms with E-state index in [-0.39, 0.29) is 11.8 Å². The number of quaternary nitrogens is 1. The molecule has 0 aliphatic carbocycles. The maximum Gasteiger partial charge on any atom is 0.405 e. The van der Waals surface area contributed by atoms with Gasteiger partial charge in [-0.1, -0.05) is 49.0 Å². The molecular formula is C18H25F3N5OS+. The highest BCUT2D eigenvalue weighted by Crippen LogP contribution is 2.22. The van der Waals surface area contributed by atoms with E-state index in [0.29, 0.717) is 11.7 Å². The Kier molecular flexibility index (Phi) is 7.88. The van der Waals surface area contributed by atoms with Crippen molar-refractivity contribution in [1.29, 1.82) is 0 Å². The third-order valence-corrected chi connectivity index (χ3v) is 5.13. The Labute approximate surface area is 166 Å². The molecule has 6 nitrogen and oxygen atoms in total. The van der Waals surface area contributed by atoms with E-state index >= 15 is 0 Å². The van der Waals surface area contributed by atoms with E-state index in [1.807, 2.05) is 54.3 Å². The summed E-state index contributed by atoms with van der Waals surface area (Å²) < 4.78 is 38.7. The minimum atomic E-state index is -4.43. The first-order valence-electron chi connectivity index (χ1n) is 8.94. The summed E-state index contributed by atoms with van der Waals surface area (Å²) in [7, 11) is 4.07. The first-order valence-corrected chi connectivity index (χ1v) is 9.93. The van der Waals surface area contributed by atoms with Crippen LogP contribution in [0.15, 0.2) is 35.5 Å². The summed E-state index contributed by atoms with van der Waals surface area (Å²) in [5, 5.41) is 10.9. The molecule has 0 bridgehead atoms. The van der Waals surface area contributed by atoms with Gasteiger partial charge in [0.05, 0.1) is 26.4 Å². The van der Waals surface area contributed by atoms with Gasteiger partial charge in [0.15, 0.2) is 11.0 Å². The first kappa shape index (κ1) is 22.2. The number of halogens is 3. The Morgan fingerprint density at radius 3 is 2.50 bits per heavy atom. The Hall–Kier alpha value is -2.07. The fourth-order valence-electron chi connectivity index (χ4n) is 2.81. The summed E-state index contributed by atoms with van der Waals surface area (Å²) in [4.78, 5) is 12.9. The number of aromatic nitrogens is 3. The number of amides is 1. The van der Waals surface area contributed by atoms with Crippen molar-refractivity contribution in [2.24, 2.45) is 0 Å². The van der Waals surface area contributed by atoms with E-state index in [0.717, 1.165) is 29.6 Å². The fourth-order valence-corrected chi connectivity index (χ4v) is 3.58. The predicted octanol–water partition coefficient (Wildman–Crippen LogP) is 1.69. The Balaban J connectivity index is 2.18. The number of nitrogens with one attached hydrogen (secondary N) is 2. The highest BCUT2D eigenvalue weighted by atomic mass is 32.2. The largest absolute Gasteiger partial charge is 0.405 e. The zero-order chi connectivity index (χ0) is 20.7. The average Bonchev–Trinajstić information content (AvgIpc) is 3.01. The van der Waals surface area contributed by atoms with Gasteiger partial charge < -0.3 is 10.2 Å². The lowest BCUT2D eigenvalue weighted by Crippen LogP contribution is -3.06. The van der Waals surface area contributed by atoms with Crippen LogP contribution in [-0.4, -0.2) is 53.2 Å². The van der Waals surface area contributed by atoms with Crippen molar-refractivity contribution in [2.75, 3.05) is 26.4 Å². The molecule has 0 saturated heterocycles. The van der Waals surface area contributed by atoms with Crippen LogP contribution in [-0.2, 0) is 11.3 Å². The van der Waals surface area contributed by atoms with Gasteiger partial charge in [-0.05, 0) is 5.56 Å². The lowest BCUT2D eigenvalue weighted by Gasteiger charge is -2.20. The van der Waals surface area contributed by atoms with Gasteiger partial charge in [0.2, 0.25) is 5.91 Å². The number of alkyl halides is 3. The van der Waals surface area contributed by atoms with Crippen molar-refractivity contribution >= 4 is 17.7 Å². The fraction of sp³-hybridized carbons (Fsp3) is 0.500.